The molecule has 0 unspecified atom stereocenters. The molecule has 1 amide bonds. The van der Waals surface area contributed by atoms with Gasteiger partial charge in [0.25, 0.3) is 0 Å². The first-order chi connectivity index (χ1) is 12.9. The van der Waals surface area contributed by atoms with E-state index in [0.717, 1.165) is 30.8 Å². The summed E-state index contributed by atoms with van der Waals surface area (Å²) in [7, 11) is 2.00. The Morgan fingerprint density at radius 1 is 1.30 bits per heavy atom. The fourth-order valence-corrected chi connectivity index (χ4v) is 3.17. The molecule has 0 atom stereocenters. The normalized spacial score (nSPS) is 13.4. The molecule has 0 aliphatic heterocycles. The van der Waals surface area contributed by atoms with Crippen molar-refractivity contribution in [2.75, 3.05) is 13.6 Å². The van der Waals surface area contributed by atoms with E-state index in [9.17, 15) is 4.79 Å². The smallest absolute Gasteiger partial charge is 0.241 e. The first-order valence-corrected chi connectivity index (χ1v) is 9.51. The van der Waals surface area contributed by atoms with Gasteiger partial charge >= 0.3 is 0 Å². The number of aryl methyl sites for hydroxylation is 2. The molecule has 0 fully saturated rings. The minimum Gasteiger partial charge on any atom is -0.354 e. The molecule has 9 heteroatoms. The molecule has 146 valence electrons. The van der Waals surface area contributed by atoms with Crippen LogP contribution in [-0.4, -0.2) is 60.6 Å². The van der Waals surface area contributed by atoms with E-state index in [-0.39, 0.29) is 12.5 Å². The summed E-state index contributed by atoms with van der Waals surface area (Å²) in [6.45, 7) is 7.45. The highest BCUT2D eigenvalue weighted by Crippen LogP contribution is 2.22. The molecule has 2 aromatic rings. The zero-order valence-electron chi connectivity index (χ0n) is 16.6. The first-order valence-electron chi connectivity index (χ1n) is 9.51. The van der Waals surface area contributed by atoms with Gasteiger partial charge in [-0.3, -0.25) is 9.69 Å². The maximum absolute atomic E-state index is 12.2. The van der Waals surface area contributed by atoms with Gasteiger partial charge in [0.2, 0.25) is 5.91 Å². The van der Waals surface area contributed by atoms with Gasteiger partial charge in [0.1, 0.15) is 12.4 Å². The molecule has 1 aliphatic carbocycles. The second-order valence-electron chi connectivity index (χ2n) is 7.37. The molecule has 0 aromatic carbocycles. The third-order valence-electron chi connectivity index (χ3n) is 5.03. The molecule has 0 saturated carbocycles. The highest BCUT2D eigenvalue weighted by Gasteiger charge is 2.17. The zero-order valence-corrected chi connectivity index (χ0v) is 16.6. The Labute approximate surface area is 159 Å². The first kappa shape index (κ1) is 19.3. The van der Waals surface area contributed by atoms with Crippen molar-refractivity contribution in [3.63, 3.8) is 0 Å². The van der Waals surface area contributed by atoms with Crippen molar-refractivity contribution >= 4 is 5.91 Å². The van der Waals surface area contributed by atoms with Crippen LogP contribution in [0.4, 0.5) is 0 Å². The number of hydrogen-bond acceptors (Lipinski definition) is 7. The number of rotatable bonds is 8. The predicted octanol–water partition coefficient (Wildman–Crippen LogP) is 0.459. The third kappa shape index (κ3) is 4.85. The van der Waals surface area contributed by atoms with Gasteiger partial charge in [0.05, 0.1) is 6.54 Å². The average Bonchev–Trinajstić information content (AvgIpc) is 3.24. The van der Waals surface area contributed by atoms with Crippen molar-refractivity contribution in [1.82, 2.24) is 40.4 Å². The molecule has 1 N–H and O–H groups in total. The lowest BCUT2D eigenvalue weighted by Crippen LogP contribution is -2.32. The minimum atomic E-state index is -0.117. The number of nitrogens with zero attached hydrogens (tertiary/aromatic N) is 7. The van der Waals surface area contributed by atoms with Crippen molar-refractivity contribution in [3.8, 4) is 0 Å². The van der Waals surface area contributed by atoms with E-state index in [2.05, 4.69) is 49.6 Å². The monoisotopic (exact) mass is 372 g/mol. The van der Waals surface area contributed by atoms with Gasteiger partial charge in [-0.25, -0.2) is 14.6 Å². The number of carbonyl (C=O) groups is 1. The van der Waals surface area contributed by atoms with Crippen LogP contribution in [-0.2, 0) is 37.1 Å². The second kappa shape index (κ2) is 8.51. The zero-order chi connectivity index (χ0) is 19.4. The summed E-state index contributed by atoms with van der Waals surface area (Å²) < 4.78 is 1.55. The number of nitrogens with one attached hydrogen (secondary N) is 1. The predicted molar refractivity (Wildman–Crippen MR) is 99.9 cm³/mol. The largest absolute Gasteiger partial charge is 0.354 e. The molecular weight excluding hydrogens is 344 g/mol. The lowest BCUT2D eigenvalue weighted by Gasteiger charge is -2.19. The number of fused-ring (bicyclic) bond motifs is 1. The molecule has 0 bridgehead atoms. The van der Waals surface area contributed by atoms with Crippen LogP contribution in [0.25, 0.3) is 0 Å². The third-order valence-corrected chi connectivity index (χ3v) is 5.03. The van der Waals surface area contributed by atoms with Gasteiger partial charge in [0.15, 0.2) is 5.82 Å². The van der Waals surface area contributed by atoms with Crippen LogP contribution in [0.3, 0.4) is 0 Å². The Hall–Kier alpha value is -2.42. The molecule has 2 aromatic heterocycles. The van der Waals surface area contributed by atoms with Crippen LogP contribution in [0.1, 0.15) is 48.9 Å². The molecule has 0 saturated heterocycles. The number of carbonyl (C=O) groups excluding carboxylic acids is 1. The summed E-state index contributed by atoms with van der Waals surface area (Å²) in [5, 5.41) is 14.6. The van der Waals surface area contributed by atoms with Crippen LogP contribution >= 0.6 is 0 Å². The molecule has 0 spiro atoms. The summed E-state index contributed by atoms with van der Waals surface area (Å²) in [6, 6.07) is 0.375. The molecular formula is C18H28N8O. The Balaban J connectivity index is 1.50. The summed E-state index contributed by atoms with van der Waals surface area (Å²) in [5.41, 5.74) is 3.56. The fourth-order valence-electron chi connectivity index (χ4n) is 3.17. The number of amides is 1. The van der Waals surface area contributed by atoms with E-state index in [1.165, 1.54) is 11.3 Å². The Kier molecular flexibility index (Phi) is 6.10. The van der Waals surface area contributed by atoms with E-state index >= 15 is 0 Å². The summed E-state index contributed by atoms with van der Waals surface area (Å²) in [4.78, 5) is 23.6. The van der Waals surface area contributed by atoms with Crippen LogP contribution in [0.2, 0.25) is 0 Å². The van der Waals surface area contributed by atoms with E-state index in [1.54, 1.807) is 4.68 Å². The summed E-state index contributed by atoms with van der Waals surface area (Å²) in [6.07, 6.45) is 3.90. The van der Waals surface area contributed by atoms with Gasteiger partial charge in [-0.05, 0) is 63.1 Å². The highest BCUT2D eigenvalue weighted by atomic mass is 16.2. The maximum Gasteiger partial charge on any atom is 0.241 e. The standard InChI is InChI=1S/C18H28N8O/c1-12(2)25(4)10-17-22-23-24-26(17)11-18(27)19-9-8-16-20-13(3)14-6-5-7-15(14)21-16/h12H,5-11H2,1-4H3,(H,19,27). The molecule has 2 heterocycles. The van der Waals surface area contributed by atoms with Crippen molar-refractivity contribution in [2.45, 2.75) is 65.6 Å². The second-order valence-corrected chi connectivity index (χ2v) is 7.37. The van der Waals surface area contributed by atoms with Gasteiger partial charge < -0.3 is 5.32 Å². The van der Waals surface area contributed by atoms with Gasteiger partial charge in [-0.1, -0.05) is 0 Å². The number of hydrogen-bond donors (Lipinski definition) is 1. The van der Waals surface area contributed by atoms with E-state index in [4.69, 9.17) is 0 Å². The minimum absolute atomic E-state index is 0.109. The van der Waals surface area contributed by atoms with Crippen molar-refractivity contribution < 1.29 is 4.79 Å². The van der Waals surface area contributed by atoms with Crippen LogP contribution in [0.15, 0.2) is 0 Å². The molecule has 3 rings (SSSR count). The Morgan fingerprint density at radius 2 is 2.11 bits per heavy atom. The van der Waals surface area contributed by atoms with Crippen molar-refractivity contribution in [2.24, 2.45) is 0 Å². The van der Waals surface area contributed by atoms with Crippen molar-refractivity contribution in [1.29, 1.82) is 0 Å². The molecule has 1 aliphatic rings. The Bertz CT molecular complexity index is 801. The topological polar surface area (TPSA) is 102 Å². The average molecular weight is 372 g/mol. The van der Waals surface area contributed by atoms with Crippen molar-refractivity contribution in [3.05, 3.63) is 28.6 Å². The lowest BCUT2D eigenvalue weighted by molar-refractivity contribution is -0.121. The van der Waals surface area contributed by atoms with Crippen LogP contribution in [0, 0.1) is 6.92 Å². The quantitative estimate of drug-likeness (QED) is 0.718. The fraction of sp³-hybridized carbons (Fsp3) is 0.667. The molecule has 9 nitrogen and oxygen atoms in total. The molecule has 27 heavy (non-hydrogen) atoms. The Morgan fingerprint density at radius 3 is 2.89 bits per heavy atom. The SMILES string of the molecule is Cc1nc(CCNC(=O)Cn2nnnc2CN(C)C(C)C)nc2c1CCC2. The highest BCUT2D eigenvalue weighted by molar-refractivity contribution is 5.75. The van der Waals surface area contributed by atoms with Crippen LogP contribution in [0.5, 0.6) is 0 Å². The van der Waals surface area contributed by atoms with E-state index in [0.29, 0.717) is 31.4 Å². The maximum atomic E-state index is 12.2. The molecule has 0 radical (unpaired) electrons. The van der Waals surface area contributed by atoms with Gasteiger partial charge in [-0.15, -0.1) is 5.10 Å². The van der Waals surface area contributed by atoms with E-state index < -0.39 is 0 Å². The lowest BCUT2D eigenvalue weighted by atomic mass is 10.2. The van der Waals surface area contributed by atoms with Crippen LogP contribution < -0.4 is 5.32 Å². The number of tetrazole rings is 1. The summed E-state index contributed by atoms with van der Waals surface area (Å²) >= 11 is 0. The van der Waals surface area contributed by atoms with E-state index in [1.807, 2.05) is 14.0 Å². The number of aromatic nitrogens is 6. The summed E-state index contributed by atoms with van der Waals surface area (Å²) in [5.74, 6) is 1.36. The van der Waals surface area contributed by atoms with Gasteiger partial charge in [-0.2, -0.15) is 0 Å². The van der Waals surface area contributed by atoms with Gasteiger partial charge in [0, 0.05) is 30.4 Å².